The second-order valence-corrected chi connectivity index (χ2v) is 8.58. The van der Waals surface area contributed by atoms with E-state index in [1.807, 2.05) is 57.2 Å². The Labute approximate surface area is 161 Å². The Hall–Kier alpha value is -2.87. The third kappa shape index (κ3) is 5.55. The number of aromatic nitrogens is 1. The summed E-state index contributed by atoms with van der Waals surface area (Å²) in [7, 11) is 0. The minimum Gasteiger partial charge on any atom is -0.467 e. The normalized spacial score (nSPS) is 11.6. The Morgan fingerprint density at radius 1 is 1.04 bits per heavy atom. The third-order valence-corrected chi connectivity index (χ3v) is 4.12. The maximum absolute atomic E-state index is 12.2. The van der Waals surface area contributed by atoms with E-state index in [2.05, 4.69) is 31.1 Å². The lowest BCUT2D eigenvalue weighted by Gasteiger charge is -2.19. The molecule has 0 aliphatic carbocycles. The smallest absolute Gasteiger partial charge is 0.262 e. The number of ether oxygens (including phenoxy) is 1. The van der Waals surface area contributed by atoms with E-state index in [0.29, 0.717) is 11.3 Å². The average molecular weight is 365 g/mol. The van der Waals surface area contributed by atoms with Crippen LogP contribution in [0.15, 0.2) is 36.4 Å². The van der Waals surface area contributed by atoms with Gasteiger partial charge >= 0.3 is 0 Å². The molecule has 1 amide bonds. The molecular formula is C22H27N3O2. The van der Waals surface area contributed by atoms with Crippen molar-refractivity contribution in [1.29, 1.82) is 5.26 Å². The molecule has 0 aliphatic heterocycles. The quantitative estimate of drug-likeness (QED) is 0.861. The zero-order valence-corrected chi connectivity index (χ0v) is 16.9. The second-order valence-electron chi connectivity index (χ2n) is 8.58. The van der Waals surface area contributed by atoms with Gasteiger partial charge in [-0.2, -0.15) is 5.26 Å². The van der Waals surface area contributed by atoms with Gasteiger partial charge in [0.1, 0.15) is 11.6 Å². The topological polar surface area (TPSA) is 75.0 Å². The van der Waals surface area contributed by atoms with Crippen molar-refractivity contribution >= 4 is 11.6 Å². The van der Waals surface area contributed by atoms with E-state index < -0.39 is 0 Å². The van der Waals surface area contributed by atoms with E-state index in [1.54, 1.807) is 6.07 Å². The number of nitrogens with zero attached hydrogens (tertiary/aromatic N) is 2. The highest BCUT2D eigenvalue weighted by Gasteiger charge is 2.19. The molecule has 142 valence electrons. The highest BCUT2D eigenvalue weighted by Crippen LogP contribution is 2.25. The summed E-state index contributed by atoms with van der Waals surface area (Å²) in [5, 5.41) is 12.0. The summed E-state index contributed by atoms with van der Waals surface area (Å²) in [6, 6.07) is 13.3. The van der Waals surface area contributed by atoms with Gasteiger partial charge in [0.05, 0.1) is 0 Å². The lowest BCUT2D eigenvalue weighted by Crippen LogP contribution is -2.22. The van der Waals surface area contributed by atoms with Crippen molar-refractivity contribution in [1.82, 2.24) is 4.98 Å². The number of anilines is 1. The third-order valence-electron chi connectivity index (χ3n) is 4.12. The van der Waals surface area contributed by atoms with Crippen molar-refractivity contribution in [3.8, 4) is 11.9 Å². The van der Waals surface area contributed by atoms with E-state index in [-0.39, 0.29) is 29.2 Å². The first-order valence-electron chi connectivity index (χ1n) is 8.95. The standard InChI is InChI=1S/C22H27N3O2/c1-21(2,3)16-8-10-17(11-9-16)24-19(26)14-27-20-15(13-23)7-12-18(25-20)22(4,5)6/h7-12H,14H2,1-6H3,(H,24,26). The SMILES string of the molecule is CC(C)(C)c1ccc(NC(=O)COc2nc(C(C)(C)C)ccc2C#N)cc1. The number of nitrogens with one attached hydrogen (secondary N) is 1. The van der Waals surface area contributed by atoms with Crippen molar-refractivity contribution in [2.24, 2.45) is 0 Å². The predicted octanol–water partition coefficient (Wildman–Crippen LogP) is 4.57. The minimum atomic E-state index is -0.301. The maximum atomic E-state index is 12.2. The number of nitriles is 1. The first-order chi connectivity index (χ1) is 12.5. The second kappa shape index (κ2) is 7.79. The van der Waals surface area contributed by atoms with Crippen LogP contribution in [-0.4, -0.2) is 17.5 Å². The van der Waals surface area contributed by atoms with Crippen LogP contribution in [0.1, 0.15) is 58.4 Å². The molecule has 0 bridgehead atoms. The van der Waals surface area contributed by atoms with Crippen LogP contribution in [0, 0.1) is 11.3 Å². The molecule has 27 heavy (non-hydrogen) atoms. The van der Waals surface area contributed by atoms with Gasteiger partial charge < -0.3 is 10.1 Å². The Bertz CT molecular complexity index is 851. The molecule has 1 aromatic heterocycles. The fraction of sp³-hybridized carbons (Fsp3) is 0.409. The summed E-state index contributed by atoms with van der Waals surface area (Å²) in [6.07, 6.45) is 0. The summed E-state index contributed by atoms with van der Waals surface area (Å²) in [5.41, 5.74) is 2.89. The first kappa shape index (κ1) is 20.4. The van der Waals surface area contributed by atoms with Gasteiger partial charge in [0.15, 0.2) is 6.61 Å². The molecule has 2 rings (SSSR count). The van der Waals surface area contributed by atoms with Crippen LogP contribution in [0.3, 0.4) is 0 Å². The van der Waals surface area contributed by atoms with Gasteiger partial charge in [-0.25, -0.2) is 4.98 Å². The number of rotatable bonds is 4. The lowest BCUT2D eigenvalue weighted by molar-refractivity contribution is -0.118. The highest BCUT2D eigenvalue weighted by molar-refractivity contribution is 5.91. The Balaban J connectivity index is 2.04. The summed E-state index contributed by atoms with van der Waals surface area (Å²) in [4.78, 5) is 16.6. The van der Waals surface area contributed by atoms with Crippen molar-refractivity contribution in [3.05, 3.63) is 53.2 Å². The molecule has 0 aliphatic rings. The van der Waals surface area contributed by atoms with Crippen LogP contribution in [0.4, 0.5) is 5.69 Å². The number of hydrogen-bond donors (Lipinski definition) is 1. The molecule has 1 heterocycles. The van der Waals surface area contributed by atoms with Gasteiger partial charge in [-0.3, -0.25) is 4.79 Å². The Morgan fingerprint density at radius 3 is 2.19 bits per heavy atom. The average Bonchev–Trinajstić information content (AvgIpc) is 2.58. The van der Waals surface area contributed by atoms with Gasteiger partial charge in [-0.15, -0.1) is 0 Å². The van der Waals surface area contributed by atoms with Crippen LogP contribution >= 0.6 is 0 Å². The minimum absolute atomic E-state index is 0.0586. The van der Waals surface area contributed by atoms with E-state index >= 15 is 0 Å². The van der Waals surface area contributed by atoms with E-state index in [4.69, 9.17) is 4.74 Å². The molecule has 0 saturated heterocycles. The van der Waals surface area contributed by atoms with E-state index in [0.717, 1.165) is 5.69 Å². The molecule has 2 aromatic rings. The zero-order valence-electron chi connectivity index (χ0n) is 16.9. The number of benzene rings is 1. The van der Waals surface area contributed by atoms with E-state index in [9.17, 15) is 10.1 Å². The molecule has 0 spiro atoms. The highest BCUT2D eigenvalue weighted by atomic mass is 16.5. The van der Waals surface area contributed by atoms with Gasteiger partial charge in [0.25, 0.3) is 5.91 Å². The largest absolute Gasteiger partial charge is 0.467 e. The van der Waals surface area contributed by atoms with Gasteiger partial charge in [0.2, 0.25) is 5.88 Å². The van der Waals surface area contributed by atoms with Crippen LogP contribution in [0.2, 0.25) is 0 Å². The predicted molar refractivity (Wildman–Crippen MR) is 107 cm³/mol. The molecule has 0 unspecified atom stereocenters. The summed E-state index contributed by atoms with van der Waals surface area (Å²) < 4.78 is 5.53. The Morgan fingerprint density at radius 2 is 1.67 bits per heavy atom. The van der Waals surface area contributed by atoms with Crippen LogP contribution in [0.25, 0.3) is 0 Å². The van der Waals surface area contributed by atoms with Crippen LogP contribution in [0.5, 0.6) is 5.88 Å². The van der Waals surface area contributed by atoms with Crippen molar-refractivity contribution in [3.63, 3.8) is 0 Å². The van der Waals surface area contributed by atoms with Gasteiger partial charge in [0, 0.05) is 16.8 Å². The summed E-state index contributed by atoms with van der Waals surface area (Å²) in [6.45, 7) is 12.3. The number of hydrogen-bond acceptors (Lipinski definition) is 4. The van der Waals surface area contributed by atoms with Gasteiger partial charge in [-0.1, -0.05) is 53.7 Å². The number of amides is 1. The molecule has 0 radical (unpaired) electrons. The molecule has 0 atom stereocenters. The van der Waals surface area contributed by atoms with Crippen molar-refractivity contribution < 1.29 is 9.53 Å². The molecule has 0 saturated carbocycles. The van der Waals surface area contributed by atoms with Crippen molar-refractivity contribution in [2.75, 3.05) is 11.9 Å². The summed E-state index contributed by atoms with van der Waals surface area (Å²) >= 11 is 0. The number of pyridine rings is 1. The molecule has 5 nitrogen and oxygen atoms in total. The first-order valence-corrected chi connectivity index (χ1v) is 8.95. The molecule has 1 N–H and O–H groups in total. The molecular weight excluding hydrogens is 338 g/mol. The van der Waals surface area contributed by atoms with E-state index in [1.165, 1.54) is 5.56 Å². The maximum Gasteiger partial charge on any atom is 0.262 e. The molecule has 1 aromatic carbocycles. The lowest BCUT2D eigenvalue weighted by atomic mass is 9.87. The number of carbonyl (C=O) groups is 1. The van der Waals surface area contributed by atoms with Crippen LogP contribution < -0.4 is 10.1 Å². The van der Waals surface area contributed by atoms with Crippen molar-refractivity contribution in [2.45, 2.75) is 52.4 Å². The molecule has 5 heteroatoms. The Kier molecular flexibility index (Phi) is 5.90. The monoisotopic (exact) mass is 365 g/mol. The number of carbonyl (C=O) groups excluding carboxylic acids is 1. The summed E-state index contributed by atoms with van der Waals surface area (Å²) in [5.74, 6) is -0.117. The molecule has 0 fully saturated rings. The van der Waals surface area contributed by atoms with Gasteiger partial charge in [-0.05, 0) is 35.2 Å². The van der Waals surface area contributed by atoms with Crippen LogP contribution in [-0.2, 0) is 15.6 Å². The zero-order chi connectivity index (χ0) is 20.2. The fourth-order valence-electron chi connectivity index (χ4n) is 2.44. The fourth-order valence-corrected chi connectivity index (χ4v) is 2.44.